The van der Waals surface area contributed by atoms with Crippen LogP contribution in [0.15, 0.2) is 18.2 Å². The Hall–Kier alpha value is -1.26. The van der Waals surface area contributed by atoms with Gasteiger partial charge in [0, 0.05) is 32.1 Å². The lowest BCUT2D eigenvalue weighted by Crippen LogP contribution is -2.32. The second kappa shape index (κ2) is 5.72. The first kappa shape index (κ1) is 12.8. The van der Waals surface area contributed by atoms with E-state index in [1.165, 1.54) is 0 Å². The average molecular weight is 224 g/mol. The number of anilines is 2. The van der Waals surface area contributed by atoms with Crippen molar-refractivity contribution >= 4 is 11.4 Å². The first-order valence-electron chi connectivity index (χ1n) is 5.29. The molecular weight excluding hydrogens is 204 g/mol. The Labute approximate surface area is 96.6 Å². The van der Waals surface area contributed by atoms with Gasteiger partial charge in [-0.25, -0.2) is 0 Å². The van der Waals surface area contributed by atoms with E-state index in [0.29, 0.717) is 13.2 Å². The molecule has 3 N–H and O–H groups in total. The molecule has 0 aliphatic carbocycles. The number of benzene rings is 1. The first-order chi connectivity index (χ1) is 7.54. The number of nitrogens with zero attached hydrogens (tertiary/aromatic N) is 1. The molecule has 1 aromatic rings. The van der Waals surface area contributed by atoms with Crippen molar-refractivity contribution in [2.75, 3.05) is 37.9 Å². The highest BCUT2D eigenvalue weighted by Gasteiger charge is 2.10. The normalized spacial score (nSPS) is 12.5. The number of methoxy groups -OCH3 is 1. The second-order valence-corrected chi connectivity index (χ2v) is 4.04. The van der Waals surface area contributed by atoms with E-state index in [4.69, 9.17) is 10.5 Å². The van der Waals surface area contributed by atoms with Crippen LogP contribution in [0.1, 0.15) is 5.56 Å². The Kier molecular flexibility index (Phi) is 4.58. The van der Waals surface area contributed by atoms with Crippen molar-refractivity contribution in [3.05, 3.63) is 23.8 Å². The molecule has 0 heterocycles. The Balaban J connectivity index is 2.69. The zero-order chi connectivity index (χ0) is 12.1. The van der Waals surface area contributed by atoms with Crippen molar-refractivity contribution in [3.63, 3.8) is 0 Å². The van der Waals surface area contributed by atoms with Crippen LogP contribution in [0.2, 0.25) is 0 Å². The van der Waals surface area contributed by atoms with E-state index in [0.717, 1.165) is 16.9 Å². The molecule has 1 rings (SSSR count). The van der Waals surface area contributed by atoms with Gasteiger partial charge in [-0.15, -0.1) is 0 Å². The fourth-order valence-corrected chi connectivity index (χ4v) is 1.77. The number of hydrogen-bond acceptors (Lipinski definition) is 4. The van der Waals surface area contributed by atoms with Gasteiger partial charge in [-0.05, 0) is 30.7 Å². The molecule has 1 aromatic carbocycles. The molecule has 4 heteroatoms. The minimum atomic E-state index is -0.480. The number of rotatable bonds is 5. The molecule has 0 amide bonds. The zero-order valence-electron chi connectivity index (χ0n) is 10.1. The summed E-state index contributed by atoms with van der Waals surface area (Å²) in [6, 6.07) is 5.75. The fourth-order valence-electron chi connectivity index (χ4n) is 1.77. The molecule has 0 radical (unpaired) electrons. The van der Waals surface area contributed by atoms with Gasteiger partial charge in [-0.1, -0.05) is 0 Å². The SMILES string of the molecule is COCC(O)CN(C)c1ccc(N)cc1C. The lowest BCUT2D eigenvalue weighted by atomic mass is 10.1. The smallest absolute Gasteiger partial charge is 0.0947 e. The van der Waals surface area contributed by atoms with Crippen molar-refractivity contribution in [1.29, 1.82) is 0 Å². The van der Waals surface area contributed by atoms with Gasteiger partial charge in [0.1, 0.15) is 0 Å². The van der Waals surface area contributed by atoms with Gasteiger partial charge in [0.05, 0.1) is 12.7 Å². The number of ether oxygens (including phenoxy) is 1. The van der Waals surface area contributed by atoms with Crippen LogP contribution in [0.25, 0.3) is 0 Å². The maximum absolute atomic E-state index is 9.64. The van der Waals surface area contributed by atoms with E-state index in [2.05, 4.69) is 0 Å². The summed E-state index contributed by atoms with van der Waals surface area (Å²) in [7, 11) is 3.52. The second-order valence-electron chi connectivity index (χ2n) is 4.04. The van der Waals surface area contributed by atoms with Gasteiger partial charge in [-0.3, -0.25) is 0 Å². The highest BCUT2D eigenvalue weighted by atomic mass is 16.5. The summed E-state index contributed by atoms with van der Waals surface area (Å²) in [4.78, 5) is 2.00. The van der Waals surface area contributed by atoms with Crippen LogP contribution >= 0.6 is 0 Å². The molecule has 0 aromatic heterocycles. The van der Waals surface area contributed by atoms with Gasteiger partial charge in [0.25, 0.3) is 0 Å². The first-order valence-corrected chi connectivity index (χ1v) is 5.29. The summed E-state index contributed by atoms with van der Waals surface area (Å²) in [5.74, 6) is 0. The maximum atomic E-state index is 9.64. The van der Waals surface area contributed by atoms with Crippen molar-refractivity contribution in [1.82, 2.24) is 0 Å². The molecule has 16 heavy (non-hydrogen) atoms. The standard InChI is InChI=1S/C12H20N2O2/c1-9-6-10(13)4-5-12(9)14(2)7-11(15)8-16-3/h4-6,11,15H,7-8,13H2,1-3H3. The zero-order valence-corrected chi connectivity index (χ0v) is 10.1. The van der Waals surface area contributed by atoms with E-state index in [1.54, 1.807) is 7.11 Å². The predicted octanol–water partition coefficient (Wildman–Crippen LogP) is 1.02. The molecule has 0 spiro atoms. The number of hydrogen-bond donors (Lipinski definition) is 2. The number of nitrogens with two attached hydrogens (primary N) is 1. The highest BCUT2D eigenvalue weighted by molar-refractivity contribution is 5.58. The summed E-state index contributed by atoms with van der Waals surface area (Å²) >= 11 is 0. The van der Waals surface area contributed by atoms with Crippen LogP contribution in [0.5, 0.6) is 0 Å². The molecule has 0 saturated carbocycles. The maximum Gasteiger partial charge on any atom is 0.0947 e. The molecule has 0 saturated heterocycles. The van der Waals surface area contributed by atoms with Crippen LogP contribution in [-0.4, -0.2) is 38.5 Å². The number of aliphatic hydroxyl groups is 1. The quantitative estimate of drug-likeness (QED) is 0.733. The largest absolute Gasteiger partial charge is 0.399 e. The Morgan fingerprint density at radius 1 is 1.50 bits per heavy atom. The van der Waals surface area contributed by atoms with E-state index >= 15 is 0 Å². The molecule has 1 atom stereocenters. The van der Waals surface area contributed by atoms with Crippen LogP contribution in [0.3, 0.4) is 0 Å². The minimum absolute atomic E-state index is 0.346. The summed E-state index contributed by atoms with van der Waals surface area (Å²) in [6.45, 7) is 2.89. The molecular formula is C12H20N2O2. The summed E-state index contributed by atoms with van der Waals surface area (Å²) in [5, 5.41) is 9.64. The van der Waals surface area contributed by atoms with Crippen LogP contribution in [0, 0.1) is 6.92 Å². The lowest BCUT2D eigenvalue weighted by Gasteiger charge is -2.24. The Morgan fingerprint density at radius 3 is 2.75 bits per heavy atom. The fraction of sp³-hybridized carbons (Fsp3) is 0.500. The molecule has 0 aliphatic heterocycles. The van der Waals surface area contributed by atoms with E-state index in [-0.39, 0.29) is 0 Å². The van der Waals surface area contributed by atoms with Crippen molar-refractivity contribution < 1.29 is 9.84 Å². The highest BCUT2D eigenvalue weighted by Crippen LogP contribution is 2.21. The van der Waals surface area contributed by atoms with Gasteiger partial charge < -0.3 is 20.5 Å². The van der Waals surface area contributed by atoms with Crippen LogP contribution in [0.4, 0.5) is 11.4 Å². The number of aliphatic hydroxyl groups excluding tert-OH is 1. The molecule has 0 aliphatic rings. The minimum Gasteiger partial charge on any atom is -0.399 e. The molecule has 1 unspecified atom stereocenters. The van der Waals surface area contributed by atoms with E-state index in [9.17, 15) is 5.11 Å². The third-order valence-electron chi connectivity index (χ3n) is 2.48. The Bertz CT molecular complexity index is 342. The number of nitrogen functional groups attached to an aromatic ring is 1. The van der Waals surface area contributed by atoms with E-state index in [1.807, 2.05) is 37.1 Å². The van der Waals surface area contributed by atoms with Crippen LogP contribution < -0.4 is 10.6 Å². The van der Waals surface area contributed by atoms with E-state index < -0.39 is 6.10 Å². The number of aryl methyl sites for hydroxylation is 1. The monoisotopic (exact) mass is 224 g/mol. The summed E-state index contributed by atoms with van der Waals surface area (Å²) in [5.41, 5.74) is 8.62. The third-order valence-corrected chi connectivity index (χ3v) is 2.48. The van der Waals surface area contributed by atoms with Gasteiger partial charge in [0.2, 0.25) is 0 Å². The number of likely N-dealkylation sites (N-methyl/N-ethyl adjacent to an activating group) is 1. The summed E-state index contributed by atoms with van der Waals surface area (Å²) in [6.07, 6.45) is -0.480. The van der Waals surface area contributed by atoms with Gasteiger partial charge in [0.15, 0.2) is 0 Å². The lowest BCUT2D eigenvalue weighted by molar-refractivity contribution is 0.0695. The van der Waals surface area contributed by atoms with Crippen molar-refractivity contribution in [3.8, 4) is 0 Å². The molecule has 0 fully saturated rings. The van der Waals surface area contributed by atoms with Gasteiger partial charge >= 0.3 is 0 Å². The van der Waals surface area contributed by atoms with Crippen molar-refractivity contribution in [2.24, 2.45) is 0 Å². The third kappa shape index (κ3) is 3.40. The van der Waals surface area contributed by atoms with Gasteiger partial charge in [-0.2, -0.15) is 0 Å². The topological polar surface area (TPSA) is 58.7 Å². The molecule has 90 valence electrons. The molecule has 4 nitrogen and oxygen atoms in total. The summed E-state index contributed by atoms with van der Waals surface area (Å²) < 4.78 is 4.89. The molecule has 0 bridgehead atoms. The Morgan fingerprint density at radius 2 is 2.19 bits per heavy atom. The predicted molar refractivity (Wildman–Crippen MR) is 66.7 cm³/mol. The van der Waals surface area contributed by atoms with Crippen molar-refractivity contribution in [2.45, 2.75) is 13.0 Å². The van der Waals surface area contributed by atoms with Crippen LogP contribution in [-0.2, 0) is 4.74 Å². The average Bonchev–Trinajstić information content (AvgIpc) is 2.17.